The number of hydrogen-bond acceptors (Lipinski definition) is 3. The summed E-state index contributed by atoms with van der Waals surface area (Å²) in [5.74, 6) is 0.242. The zero-order chi connectivity index (χ0) is 13.0. The zero-order valence-corrected chi connectivity index (χ0v) is 10.2. The lowest BCUT2D eigenvalue weighted by atomic mass is 10.1. The molecule has 2 aromatic rings. The Morgan fingerprint density at radius 3 is 2.83 bits per heavy atom. The van der Waals surface area contributed by atoms with Gasteiger partial charge < -0.3 is 10.4 Å². The molecule has 0 amide bonds. The number of halogens is 2. The average molecular weight is 267 g/mol. The first-order chi connectivity index (χ1) is 8.65. The van der Waals surface area contributed by atoms with E-state index in [4.69, 9.17) is 11.6 Å². The molecule has 94 valence electrons. The number of nitrogens with one attached hydrogen (secondary N) is 1. The molecular formula is C13H12ClFN2O. The first-order valence-electron chi connectivity index (χ1n) is 5.44. The Bertz CT molecular complexity index is 519. The number of rotatable bonds is 4. The lowest BCUT2D eigenvalue weighted by molar-refractivity contribution is 0.191. The minimum Gasteiger partial charge on any atom is -0.387 e. The van der Waals surface area contributed by atoms with Crippen LogP contribution in [0.4, 0.5) is 10.2 Å². The van der Waals surface area contributed by atoms with Crippen LogP contribution in [-0.2, 0) is 0 Å². The summed E-state index contributed by atoms with van der Waals surface area (Å²) >= 11 is 5.71. The van der Waals surface area contributed by atoms with Crippen LogP contribution >= 0.6 is 11.6 Å². The molecule has 3 nitrogen and oxygen atoms in total. The van der Waals surface area contributed by atoms with Crippen molar-refractivity contribution in [3.63, 3.8) is 0 Å². The molecule has 0 spiro atoms. The monoisotopic (exact) mass is 266 g/mol. The first kappa shape index (κ1) is 12.8. The summed E-state index contributed by atoms with van der Waals surface area (Å²) < 4.78 is 13.0. The third-order valence-corrected chi connectivity index (χ3v) is 2.66. The van der Waals surface area contributed by atoms with Gasteiger partial charge in [0.25, 0.3) is 0 Å². The van der Waals surface area contributed by atoms with E-state index in [1.807, 2.05) is 0 Å². The third-order valence-electron chi connectivity index (χ3n) is 2.44. The van der Waals surface area contributed by atoms with Gasteiger partial charge in [0.1, 0.15) is 11.6 Å². The predicted octanol–water partition coefficient (Wildman–Crippen LogP) is 3.02. The fraction of sp³-hybridized carbons (Fsp3) is 0.154. The van der Waals surface area contributed by atoms with E-state index in [1.165, 1.54) is 18.3 Å². The van der Waals surface area contributed by atoms with Crippen LogP contribution < -0.4 is 5.32 Å². The van der Waals surface area contributed by atoms with E-state index >= 15 is 0 Å². The molecule has 0 fully saturated rings. The molecular weight excluding hydrogens is 255 g/mol. The van der Waals surface area contributed by atoms with Crippen molar-refractivity contribution in [1.29, 1.82) is 0 Å². The molecule has 0 unspecified atom stereocenters. The Hall–Kier alpha value is -1.65. The van der Waals surface area contributed by atoms with Gasteiger partial charge in [-0.05, 0) is 29.8 Å². The summed E-state index contributed by atoms with van der Waals surface area (Å²) in [5.41, 5.74) is 0.525. The SMILES string of the molecule is O[C@H](CNc1ccc(Cl)cn1)c1cccc(F)c1. The van der Waals surface area contributed by atoms with Crippen LogP contribution in [0.15, 0.2) is 42.6 Å². The van der Waals surface area contributed by atoms with Crippen LogP contribution in [0, 0.1) is 5.82 Å². The number of aromatic nitrogens is 1. The first-order valence-corrected chi connectivity index (χ1v) is 5.82. The molecule has 18 heavy (non-hydrogen) atoms. The van der Waals surface area contributed by atoms with Crippen molar-refractivity contribution in [2.45, 2.75) is 6.10 Å². The largest absolute Gasteiger partial charge is 0.387 e. The Balaban J connectivity index is 1.96. The number of aliphatic hydroxyl groups excluding tert-OH is 1. The number of hydrogen-bond donors (Lipinski definition) is 2. The van der Waals surface area contributed by atoms with Crippen molar-refractivity contribution in [2.24, 2.45) is 0 Å². The number of benzene rings is 1. The highest BCUT2D eigenvalue weighted by molar-refractivity contribution is 6.30. The molecule has 0 bridgehead atoms. The maximum atomic E-state index is 13.0. The zero-order valence-electron chi connectivity index (χ0n) is 9.48. The topological polar surface area (TPSA) is 45.1 Å². The van der Waals surface area contributed by atoms with E-state index in [0.717, 1.165) is 0 Å². The minimum absolute atomic E-state index is 0.248. The Kier molecular flexibility index (Phi) is 4.12. The lowest BCUT2D eigenvalue weighted by Gasteiger charge is -2.12. The smallest absolute Gasteiger partial charge is 0.126 e. The van der Waals surface area contributed by atoms with Gasteiger partial charge in [-0.3, -0.25) is 0 Å². The fourth-order valence-corrected chi connectivity index (χ4v) is 1.63. The van der Waals surface area contributed by atoms with Gasteiger partial charge in [-0.15, -0.1) is 0 Å². The molecule has 0 saturated carbocycles. The second kappa shape index (κ2) is 5.80. The number of anilines is 1. The molecule has 2 rings (SSSR count). The highest BCUT2D eigenvalue weighted by Crippen LogP contribution is 2.15. The molecule has 0 aliphatic carbocycles. The Labute approximate surface area is 109 Å². The predicted molar refractivity (Wildman–Crippen MR) is 69.1 cm³/mol. The van der Waals surface area contributed by atoms with Gasteiger partial charge in [0.2, 0.25) is 0 Å². The summed E-state index contributed by atoms with van der Waals surface area (Å²) in [6.07, 6.45) is 0.719. The van der Waals surface area contributed by atoms with Crippen LogP contribution in [-0.4, -0.2) is 16.6 Å². The van der Waals surface area contributed by atoms with Crippen LogP contribution in [0.2, 0.25) is 5.02 Å². The van der Waals surface area contributed by atoms with Gasteiger partial charge in [-0.25, -0.2) is 9.37 Å². The average Bonchev–Trinajstić information content (AvgIpc) is 2.38. The maximum Gasteiger partial charge on any atom is 0.126 e. The fourth-order valence-electron chi connectivity index (χ4n) is 1.51. The molecule has 0 aliphatic heterocycles. The van der Waals surface area contributed by atoms with Gasteiger partial charge in [0.15, 0.2) is 0 Å². The number of nitrogens with zero attached hydrogens (tertiary/aromatic N) is 1. The quantitative estimate of drug-likeness (QED) is 0.894. The summed E-state index contributed by atoms with van der Waals surface area (Å²) in [5, 5.41) is 13.4. The van der Waals surface area contributed by atoms with Crippen molar-refractivity contribution in [1.82, 2.24) is 4.98 Å². The van der Waals surface area contributed by atoms with Crippen molar-refractivity contribution >= 4 is 17.4 Å². The van der Waals surface area contributed by atoms with E-state index in [0.29, 0.717) is 16.4 Å². The van der Waals surface area contributed by atoms with Crippen LogP contribution in [0.3, 0.4) is 0 Å². The highest BCUT2D eigenvalue weighted by atomic mass is 35.5. The Morgan fingerprint density at radius 1 is 1.33 bits per heavy atom. The van der Waals surface area contributed by atoms with Gasteiger partial charge >= 0.3 is 0 Å². The van der Waals surface area contributed by atoms with Crippen LogP contribution in [0.1, 0.15) is 11.7 Å². The normalized spacial score (nSPS) is 12.2. The lowest BCUT2D eigenvalue weighted by Crippen LogP contribution is -2.12. The van der Waals surface area contributed by atoms with Crippen LogP contribution in [0.5, 0.6) is 0 Å². The highest BCUT2D eigenvalue weighted by Gasteiger charge is 2.08. The molecule has 0 radical (unpaired) electrons. The second-order valence-corrected chi connectivity index (χ2v) is 4.25. The minimum atomic E-state index is -0.793. The maximum absolute atomic E-state index is 13.0. The standard InChI is InChI=1S/C13H12ClFN2O/c14-10-4-5-13(16-7-10)17-8-12(18)9-2-1-3-11(15)6-9/h1-7,12,18H,8H2,(H,16,17)/t12-/m1/s1. The van der Waals surface area contributed by atoms with Crippen molar-refractivity contribution in [2.75, 3.05) is 11.9 Å². The molecule has 1 aromatic carbocycles. The third kappa shape index (κ3) is 3.42. The van der Waals surface area contributed by atoms with Crippen molar-refractivity contribution < 1.29 is 9.50 Å². The molecule has 5 heteroatoms. The molecule has 0 saturated heterocycles. The van der Waals surface area contributed by atoms with Gasteiger partial charge in [-0.2, -0.15) is 0 Å². The second-order valence-electron chi connectivity index (χ2n) is 3.81. The van der Waals surface area contributed by atoms with Gasteiger partial charge in [0, 0.05) is 12.7 Å². The van der Waals surface area contributed by atoms with Crippen molar-refractivity contribution in [3.05, 3.63) is 59.0 Å². The summed E-state index contributed by atoms with van der Waals surface area (Å²) in [6.45, 7) is 0.248. The summed E-state index contributed by atoms with van der Waals surface area (Å²) in [7, 11) is 0. The molecule has 1 heterocycles. The van der Waals surface area contributed by atoms with Crippen LogP contribution in [0.25, 0.3) is 0 Å². The van der Waals surface area contributed by atoms with E-state index in [-0.39, 0.29) is 12.4 Å². The molecule has 2 N–H and O–H groups in total. The Morgan fingerprint density at radius 2 is 2.17 bits per heavy atom. The van der Waals surface area contributed by atoms with E-state index in [9.17, 15) is 9.50 Å². The van der Waals surface area contributed by atoms with E-state index < -0.39 is 6.10 Å². The number of aliphatic hydroxyl groups is 1. The van der Waals surface area contributed by atoms with E-state index in [1.54, 1.807) is 24.3 Å². The summed E-state index contributed by atoms with van der Waals surface area (Å²) in [6, 6.07) is 9.29. The molecule has 1 atom stereocenters. The van der Waals surface area contributed by atoms with E-state index in [2.05, 4.69) is 10.3 Å². The summed E-state index contributed by atoms with van der Waals surface area (Å²) in [4.78, 5) is 4.03. The molecule has 0 aliphatic rings. The van der Waals surface area contributed by atoms with Gasteiger partial charge in [-0.1, -0.05) is 23.7 Å². The van der Waals surface area contributed by atoms with Gasteiger partial charge in [0.05, 0.1) is 11.1 Å². The number of pyridine rings is 1. The molecule has 1 aromatic heterocycles. The van der Waals surface area contributed by atoms with Crippen molar-refractivity contribution in [3.8, 4) is 0 Å².